The lowest BCUT2D eigenvalue weighted by atomic mass is 9.83. The first-order chi connectivity index (χ1) is 9.52. The number of nitrogens with two attached hydrogens (primary N) is 1. The number of nitrogens with zero attached hydrogens (tertiary/aromatic N) is 2. The third kappa shape index (κ3) is 2.26. The van der Waals surface area contributed by atoms with Crippen LogP contribution in [0.1, 0.15) is 33.1 Å². The number of ether oxygens (including phenoxy) is 1. The van der Waals surface area contributed by atoms with Crippen LogP contribution in [0.3, 0.4) is 0 Å². The molecule has 2 N–H and O–H groups in total. The third-order valence-electron chi connectivity index (χ3n) is 5.45. The number of hydrogen-bond donors (Lipinski definition) is 1. The Morgan fingerprint density at radius 2 is 2.15 bits per heavy atom. The molecule has 0 aliphatic carbocycles. The summed E-state index contributed by atoms with van der Waals surface area (Å²) in [5.74, 6) is 0.195. The van der Waals surface area contributed by atoms with E-state index in [0.717, 1.165) is 13.1 Å². The second kappa shape index (κ2) is 5.28. The molecule has 3 heterocycles. The van der Waals surface area contributed by atoms with E-state index >= 15 is 0 Å². The van der Waals surface area contributed by atoms with Crippen molar-refractivity contribution in [2.45, 2.75) is 51.2 Å². The maximum Gasteiger partial charge on any atom is 0.232 e. The van der Waals surface area contributed by atoms with Crippen molar-refractivity contribution in [1.82, 2.24) is 9.80 Å². The summed E-state index contributed by atoms with van der Waals surface area (Å²) in [4.78, 5) is 17.6. The first kappa shape index (κ1) is 14.3. The Kier molecular flexibility index (Phi) is 3.77. The van der Waals surface area contributed by atoms with Gasteiger partial charge in [-0.15, -0.1) is 0 Å². The zero-order chi connectivity index (χ0) is 14.3. The number of fused-ring (bicyclic) bond motifs is 1. The molecule has 0 saturated carbocycles. The Morgan fingerprint density at radius 1 is 1.35 bits per heavy atom. The van der Waals surface area contributed by atoms with Gasteiger partial charge in [0.15, 0.2) is 0 Å². The summed E-state index contributed by atoms with van der Waals surface area (Å²) in [5, 5.41) is 0. The molecule has 3 fully saturated rings. The number of hydrogen-bond acceptors (Lipinski definition) is 4. The zero-order valence-electron chi connectivity index (χ0n) is 12.7. The van der Waals surface area contributed by atoms with E-state index in [4.69, 9.17) is 10.5 Å². The van der Waals surface area contributed by atoms with Gasteiger partial charge in [-0.25, -0.2) is 0 Å². The van der Waals surface area contributed by atoms with Gasteiger partial charge < -0.3 is 15.4 Å². The molecule has 0 aromatic carbocycles. The van der Waals surface area contributed by atoms with Gasteiger partial charge in [-0.1, -0.05) is 6.42 Å². The van der Waals surface area contributed by atoms with Crippen LogP contribution in [0.25, 0.3) is 0 Å². The molecule has 20 heavy (non-hydrogen) atoms. The van der Waals surface area contributed by atoms with Crippen LogP contribution < -0.4 is 5.73 Å². The van der Waals surface area contributed by atoms with E-state index in [9.17, 15) is 4.79 Å². The molecule has 4 unspecified atom stereocenters. The van der Waals surface area contributed by atoms with E-state index in [1.54, 1.807) is 0 Å². The molecule has 3 aliphatic heterocycles. The van der Waals surface area contributed by atoms with Crippen molar-refractivity contribution in [3.63, 3.8) is 0 Å². The standard InChI is InChI=1S/C15H27N3O2/c1-11-7-17-6-4-3-5-12(17)8-18(11)14(19)15(2)10-20-9-13(15)16/h11-13H,3-10,16H2,1-2H3. The number of amides is 1. The summed E-state index contributed by atoms with van der Waals surface area (Å²) in [6.07, 6.45) is 3.81. The predicted octanol–water partition coefficient (Wildman–Crippen LogP) is 0.435. The zero-order valence-corrected chi connectivity index (χ0v) is 12.7. The smallest absolute Gasteiger partial charge is 0.232 e. The summed E-state index contributed by atoms with van der Waals surface area (Å²) in [7, 11) is 0. The first-order valence-electron chi connectivity index (χ1n) is 7.91. The summed E-state index contributed by atoms with van der Waals surface area (Å²) < 4.78 is 5.44. The molecule has 114 valence electrons. The van der Waals surface area contributed by atoms with Crippen molar-refractivity contribution >= 4 is 5.91 Å². The lowest BCUT2D eigenvalue weighted by Crippen LogP contribution is -2.63. The van der Waals surface area contributed by atoms with Crippen LogP contribution in [0.5, 0.6) is 0 Å². The maximum atomic E-state index is 13.0. The number of carbonyl (C=O) groups is 1. The summed E-state index contributed by atoms with van der Waals surface area (Å²) in [5.41, 5.74) is 5.58. The van der Waals surface area contributed by atoms with E-state index in [1.807, 2.05) is 6.92 Å². The van der Waals surface area contributed by atoms with Crippen LogP contribution in [-0.4, -0.2) is 66.7 Å². The fourth-order valence-electron chi connectivity index (χ4n) is 3.87. The molecule has 5 nitrogen and oxygen atoms in total. The Bertz CT molecular complexity index is 389. The van der Waals surface area contributed by atoms with Crippen LogP contribution in [-0.2, 0) is 9.53 Å². The van der Waals surface area contributed by atoms with Crippen LogP contribution in [0.15, 0.2) is 0 Å². The highest BCUT2D eigenvalue weighted by molar-refractivity contribution is 5.84. The molecular weight excluding hydrogens is 254 g/mol. The van der Waals surface area contributed by atoms with Gasteiger partial charge in [0.05, 0.1) is 18.6 Å². The topological polar surface area (TPSA) is 58.8 Å². The second-order valence-electron chi connectivity index (χ2n) is 6.99. The van der Waals surface area contributed by atoms with Crippen molar-refractivity contribution in [3.8, 4) is 0 Å². The van der Waals surface area contributed by atoms with Gasteiger partial charge >= 0.3 is 0 Å². The van der Waals surface area contributed by atoms with Gasteiger partial charge in [0, 0.05) is 31.2 Å². The third-order valence-corrected chi connectivity index (χ3v) is 5.45. The highest BCUT2D eigenvalue weighted by Crippen LogP contribution is 2.33. The molecule has 0 aromatic heterocycles. The lowest BCUT2D eigenvalue weighted by molar-refractivity contribution is -0.148. The average Bonchev–Trinajstić information content (AvgIpc) is 2.78. The molecule has 0 bridgehead atoms. The minimum absolute atomic E-state index is 0.174. The quantitative estimate of drug-likeness (QED) is 0.757. The van der Waals surface area contributed by atoms with Gasteiger partial charge in [0.1, 0.15) is 0 Å². The first-order valence-corrected chi connectivity index (χ1v) is 7.91. The molecule has 3 saturated heterocycles. The summed E-state index contributed by atoms with van der Waals surface area (Å²) >= 11 is 0. The Morgan fingerprint density at radius 3 is 2.85 bits per heavy atom. The van der Waals surface area contributed by atoms with E-state index in [-0.39, 0.29) is 18.0 Å². The summed E-state index contributed by atoms with van der Waals surface area (Å²) in [6.45, 7) is 8.15. The number of piperidine rings is 1. The van der Waals surface area contributed by atoms with Crippen molar-refractivity contribution in [2.24, 2.45) is 11.1 Å². The van der Waals surface area contributed by atoms with Gasteiger partial charge in [-0.05, 0) is 33.2 Å². The molecule has 4 atom stereocenters. The Labute approximate surface area is 121 Å². The molecular formula is C15H27N3O2. The lowest BCUT2D eigenvalue weighted by Gasteiger charge is -2.49. The van der Waals surface area contributed by atoms with Gasteiger partial charge in [-0.2, -0.15) is 0 Å². The summed E-state index contributed by atoms with van der Waals surface area (Å²) in [6, 6.07) is 0.652. The van der Waals surface area contributed by atoms with E-state index in [1.165, 1.54) is 25.8 Å². The average molecular weight is 281 g/mol. The Balaban J connectivity index is 1.74. The molecule has 0 spiro atoms. The second-order valence-corrected chi connectivity index (χ2v) is 6.99. The van der Waals surface area contributed by atoms with Crippen molar-refractivity contribution < 1.29 is 9.53 Å². The minimum atomic E-state index is -0.537. The van der Waals surface area contributed by atoms with Crippen molar-refractivity contribution in [2.75, 3.05) is 32.8 Å². The van der Waals surface area contributed by atoms with Gasteiger partial charge in [0.2, 0.25) is 5.91 Å². The van der Waals surface area contributed by atoms with E-state index in [0.29, 0.717) is 19.3 Å². The number of rotatable bonds is 1. The fourth-order valence-corrected chi connectivity index (χ4v) is 3.87. The van der Waals surface area contributed by atoms with E-state index < -0.39 is 5.41 Å². The largest absolute Gasteiger partial charge is 0.379 e. The molecule has 1 amide bonds. The van der Waals surface area contributed by atoms with Crippen LogP contribution in [0.4, 0.5) is 0 Å². The SMILES string of the molecule is CC1CN2CCCCC2CN1C(=O)C1(C)COCC1N. The normalized spacial score (nSPS) is 42.5. The highest BCUT2D eigenvalue weighted by atomic mass is 16.5. The molecule has 0 aromatic rings. The van der Waals surface area contributed by atoms with Crippen LogP contribution in [0.2, 0.25) is 0 Å². The highest BCUT2D eigenvalue weighted by Gasteiger charge is 2.48. The van der Waals surface area contributed by atoms with Crippen LogP contribution >= 0.6 is 0 Å². The van der Waals surface area contributed by atoms with Crippen molar-refractivity contribution in [3.05, 3.63) is 0 Å². The predicted molar refractivity (Wildman–Crippen MR) is 77.3 cm³/mol. The van der Waals surface area contributed by atoms with Gasteiger partial charge in [-0.3, -0.25) is 9.69 Å². The van der Waals surface area contributed by atoms with E-state index in [2.05, 4.69) is 16.7 Å². The molecule has 3 aliphatic rings. The maximum absolute atomic E-state index is 13.0. The minimum Gasteiger partial charge on any atom is -0.379 e. The van der Waals surface area contributed by atoms with Crippen molar-refractivity contribution in [1.29, 1.82) is 0 Å². The van der Waals surface area contributed by atoms with Crippen LogP contribution in [0, 0.1) is 5.41 Å². The molecule has 3 rings (SSSR count). The number of carbonyl (C=O) groups excluding carboxylic acids is 1. The monoisotopic (exact) mass is 281 g/mol. The molecule has 0 radical (unpaired) electrons. The van der Waals surface area contributed by atoms with Gasteiger partial charge in [0.25, 0.3) is 0 Å². The molecule has 5 heteroatoms. The fraction of sp³-hybridized carbons (Fsp3) is 0.933. The Hall–Kier alpha value is -0.650. The number of piperazine rings is 1.